The number of nitrogens with one attached hydrogen (secondary N) is 1. The van der Waals surface area contributed by atoms with Crippen LogP contribution in [0.4, 0.5) is 5.82 Å². The summed E-state index contributed by atoms with van der Waals surface area (Å²) in [5.74, 6) is 1.83. The van der Waals surface area contributed by atoms with Gasteiger partial charge in [-0.25, -0.2) is 4.68 Å². The Morgan fingerprint density at radius 2 is 1.90 bits per heavy atom. The number of hydrogen-bond donors (Lipinski definition) is 1. The summed E-state index contributed by atoms with van der Waals surface area (Å²) in [6, 6.07) is 18.6. The number of piperidine rings is 1. The third-order valence-electron chi connectivity index (χ3n) is 6.21. The zero-order chi connectivity index (χ0) is 21.0. The second kappa shape index (κ2) is 8.94. The fourth-order valence-corrected chi connectivity index (χ4v) is 4.59. The van der Waals surface area contributed by atoms with Crippen LogP contribution in [-0.4, -0.2) is 40.3 Å². The molecule has 0 saturated carbocycles. The normalized spacial score (nSPS) is 16.6. The molecule has 0 bridgehead atoms. The van der Waals surface area contributed by atoms with Crippen molar-refractivity contribution in [2.24, 2.45) is 0 Å². The molecule has 31 heavy (non-hydrogen) atoms. The predicted molar refractivity (Wildman–Crippen MR) is 120 cm³/mol. The van der Waals surface area contributed by atoms with Crippen molar-refractivity contribution in [1.29, 1.82) is 0 Å². The smallest absolute Gasteiger partial charge is 0.229 e. The van der Waals surface area contributed by atoms with Gasteiger partial charge >= 0.3 is 0 Å². The van der Waals surface area contributed by atoms with Crippen molar-refractivity contribution in [3.8, 4) is 5.75 Å². The third kappa shape index (κ3) is 4.64. The van der Waals surface area contributed by atoms with Gasteiger partial charge in [0.15, 0.2) is 0 Å². The molecular formula is C25H28N4O2. The molecule has 5 rings (SSSR count). The van der Waals surface area contributed by atoms with Crippen molar-refractivity contribution in [3.63, 3.8) is 0 Å². The van der Waals surface area contributed by atoms with Gasteiger partial charge in [0.1, 0.15) is 11.6 Å². The number of ether oxygens (including phenoxy) is 1. The Morgan fingerprint density at radius 3 is 2.74 bits per heavy atom. The van der Waals surface area contributed by atoms with Gasteiger partial charge in [-0.05, 0) is 35.6 Å². The van der Waals surface area contributed by atoms with E-state index in [1.165, 1.54) is 11.1 Å². The summed E-state index contributed by atoms with van der Waals surface area (Å²) >= 11 is 0. The lowest BCUT2D eigenvalue weighted by molar-refractivity contribution is -0.115. The minimum Gasteiger partial charge on any atom is -0.493 e. The van der Waals surface area contributed by atoms with Crippen molar-refractivity contribution in [1.82, 2.24) is 14.7 Å². The molecule has 0 spiro atoms. The van der Waals surface area contributed by atoms with Crippen LogP contribution in [0.2, 0.25) is 0 Å². The lowest BCUT2D eigenvalue weighted by Gasteiger charge is -2.32. The Kier molecular flexibility index (Phi) is 5.71. The predicted octanol–water partition coefficient (Wildman–Crippen LogP) is 3.84. The van der Waals surface area contributed by atoms with Gasteiger partial charge in [0, 0.05) is 32.1 Å². The first-order chi connectivity index (χ1) is 15.2. The van der Waals surface area contributed by atoms with Gasteiger partial charge in [-0.2, -0.15) is 5.10 Å². The maximum absolute atomic E-state index is 12.5. The van der Waals surface area contributed by atoms with Gasteiger partial charge < -0.3 is 10.1 Å². The van der Waals surface area contributed by atoms with E-state index in [9.17, 15) is 4.79 Å². The number of nitrogens with zero attached hydrogens (tertiary/aromatic N) is 3. The molecular weight excluding hydrogens is 388 g/mol. The topological polar surface area (TPSA) is 59.4 Å². The molecule has 0 radical (unpaired) electrons. The summed E-state index contributed by atoms with van der Waals surface area (Å²) in [7, 11) is 0. The molecule has 1 N–H and O–H groups in total. The van der Waals surface area contributed by atoms with Gasteiger partial charge in [-0.3, -0.25) is 9.69 Å². The van der Waals surface area contributed by atoms with E-state index in [-0.39, 0.29) is 5.91 Å². The number of hydrogen-bond acceptors (Lipinski definition) is 4. The molecule has 6 heteroatoms. The van der Waals surface area contributed by atoms with E-state index in [4.69, 9.17) is 4.74 Å². The molecule has 1 amide bonds. The van der Waals surface area contributed by atoms with Crippen LogP contribution in [0.15, 0.2) is 60.8 Å². The molecule has 0 unspecified atom stereocenters. The lowest BCUT2D eigenvalue weighted by Crippen LogP contribution is -2.35. The monoisotopic (exact) mass is 416 g/mol. The highest BCUT2D eigenvalue weighted by molar-refractivity contribution is 5.91. The third-order valence-corrected chi connectivity index (χ3v) is 6.21. The quantitative estimate of drug-likeness (QED) is 0.663. The second-order valence-corrected chi connectivity index (χ2v) is 8.42. The lowest BCUT2D eigenvalue weighted by atomic mass is 10.0. The summed E-state index contributed by atoms with van der Waals surface area (Å²) in [5.41, 5.74) is 3.70. The Balaban J connectivity index is 1.16. The van der Waals surface area contributed by atoms with Crippen LogP contribution >= 0.6 is 0 Å². The Hall–Kier alpha value is -3.12. The summed E-state index contributed by atoms with van der Waals surface area (Å²) in [6.45, 7) is 3.82. The first-order valence-electron chi connectivity index (χ1n) is 11.1. The molecule has 160 valence electrons. The number of anilines is 1. The van der Waals surface area contributed by atoms with E-state index in [2.05, 4.69) is 33.5 Å². The molecule has 1 saturated heterocycles. The fraction of sp³-hybridized carbons (Fsp3) is 0.360. The summed E-state index contributed by atoms with van der Waals surface area (Å²) < 4.78 is 7.61. The molecule has 2 aromatic carbocycles. The number of carbonyl (C=O) groups is 1. The Morgan fingerprint density at radius 1 is 1.06 bits per heavy atom. The van der Waals surface area contributed by atoms with Crippen LogP contribution in [0.1, 0.15) is 35.6 Å². The molecule has 3 aromatic rings. The van der Waals surface area contributed by atoms with Crippen molar-refractivity contribution >= 4 is 11.7 Å². The molecule has 3 heterocycles. The minimum atomic E-state index is -0.00836. The number of amides is 1. The van der Waals surface area contributed by atoms with Crippen molar-refractivity contribution in [2.45, 2.75) is 38.3 Å². The van der Waals surface area contributed by atoms with E-state index in [0.717, 1.165) is 62.6 Å². The van der Waals surface area contributed by atoms with Gasteiger partial charge in [0.05, 0.1) is 25.3 Å². The zero-order valence-electron chi connectivity index (χ0n) is 17.7. The molecule has 0 aliphatic carbocycles. The SMILES string of the molecule is O=C(Cc1ccccc1)Nc1ccnn1C1CCN(Cc2ccc3c(c2)CCO3)CC1. The molecule has 1 fully saturated rings. The van der Waals surface area contributed by atoms with E-state index >= 15 is 0 Å². The number of likely N-dealkylation sites (tertiary alicyclic amines) is 1. The number of benzene rings is 2. The highest BCUT2D eigenvalue weighted by atomic mass is 16.5. The summed E-state index contributed by atoms with van der Waals surface area (Å²) in [5, 5.41) is 7.57. The van der Waals surface area contributed by atoms with Gasteiger partial charge in [0.2, 0.25) is 5.91 Å². The summed E-state index contributed by atoms with van der Waals surface area (Å²) in [6.07, 6.45) is 5.21. The average molecular weight is 417 g/mol. The van der Waals surface area contributed by atoms with E-state index in [1.807, 2.05) is 41.1 Å². The number of fused-ring (bicyclic) bond motifs is 1. The van der Waals surface area contributed by atoms with Crippen LogP contribution in [0.25, 0.3) is 0 Å². The summed E-state index contributed by atoms with van der Waals surface area (Å²) in [4.78, 5) is 15.0. The average Bonchev–Trinajstić information content (AvgIpc) is 3.44. The first-order valence-corrected chi connectivity index (χ1v) is 11.1. The van der Waals surface area contributed by atoms with Gasteiger partial charge in [0.25, 0.3) is 0 Å². The fourth-order valence-electron chi connectivity index (χ4n) is 4.59. The zero-order valence-corrected chi connectivity index (χ0v) is 17.7. The highest BCUT2D eigenvalue weighted by Gasteiger charge is 2.23. The van der Waals surface area contributed by atoms with Gasteiger partial charge in [-0.15, -0.1) is 0 Å². The molecule has 1 aromatic heterocycles. The number of aromatic nitrogens is 2. The Bertz CT molecular complexity index is 1040. The Labute approximate surface area is 182 Å². The van der Waals surface area contributed by atoms with Crippen LogP contribution in [0.3, 0.4) is 0 Å². The van der Waals surface area contributed by atoms with Crippen LogP contribution < -0.4 is 10.1 Å². The van der Waals surface area contributed by atoms with Crippen molar-refractivity contribution in [2.75, 3.05) is 25.0 Å². The highest BCUT2D eigenvalue weighted by Crippen LogP contribution is 2.29. The van der Waals surface area contributed by atoms with E-state index in [0.29, 0.717) is 12.5 Å². The second-order valence-electron chi connectivity index (χ2n) is 8.42. The van der Waals surface area contributed by atoms with Gasteiger partial charge in [-0.1, -0.05) is 42.5 Å². The molecule has 6 nitrogen and oxygen atoms in total. The van der Waals surface area contributed by atoms with Crippen molar-refractivity contribution in [3.05, 3.63) is 77.5 Å². The maximum Gasteiger partial charge on any atom is 0.229 e. The molecule has 2 aliphatic rings. The van der Waals surface area contributed by atoms with Crippen LogP contribution in [0, 0.1) is 0 Å². The largest absolute Gasteiger partial charge is 0.493 e. The van der Waals surface area contributed by atoms with E-state index < -0.39 is 0 Å². The van der Waals surface area contributed by atoms with Crippen molar-refractivity contribution < 1.29 is 9.53 Å². The molecule has 2 aliphatic heterocycles. The minimum absolute atomic E-state index is 0.00836. The number of carbonyl (C=O) groups excluding carboxylic acids is 1. The van der Waals surface area contributed by atoms with Crippen LogP contribution in [0.5, 0.6) is 5.75 Å². The maximum atomic E-state index is 12.5. The van der Waals surface area contributed by atoms with Crippen LogP contribution in [-0.2, 0) is 24.2 Å². The standard InChI is InChI=1S/C25H28N4O2/c30-25(17-19-4-2-1-3-5-19)27-24-8-12-26-29(24)22-9-13-28(14-10-22)18-20-6-7-23-21(16-20)11-15-31-23/h1-8,12,16,22H,9-11,13-15,17-18H2,(H,27,30). The molecule has 0 atom stereocenters. The van der Waals surface area contributed by atoms with E-state index in [1.54, 1.807) is 6.20 Å². The number of rotatable bonds is 6. The first kappa shape index (κ1) is 19.8.